The summed E-state index contributed by atoms with van der Waals surface area (Å²) in [5, 5.41) is 3.20. The van der Waals surface area contributed by atoms with E-state index in [4.69, 9.17) is 5.73 Å². The molecular formula is C14H15N3O2. The third-order valence-corrected chi connectivity index (χ3v) is 2.60. The van der Waals surface area contributed by atoms with Gasteiger partial charge in [0.1, 0.15) is 5.69 Å². The SMILES string of the molecule is COC(=O)c1cc(NCc2cccc(N)c2)ccn1. The van der Waals surface area contributed by atoms with E-state index in [2.05, 4.69) is 15.0 Å². The first-order valence-corrected chi connectivity index (χ1v) is 5.81. The Morgan fingerprint density at radius 1 is 1.37 bits per heavy atom. The Kier molecular flexibility index (Phi) is 3.97. The largest absolute Gasteiger partial charge is 0.464 e. The van der Waals surface area contributed by atoms with Gasteiger partial charge < -0.3 is 15.8 Å². The molecule has 0 aliphatic rings. The lowest BCUT2D eigenvalue weighted by Gasteiger charge is -2.08. The molecule has 19 heavy (non-hydrogen) atoms. The summed E-state index contributed by atoms with van der Waals surface area (Å²) in [7, 11) is 1.33. The quantitative estimate of drug-likeness (QED) is 0.647. The number of rotatable bonds is 4. The van der Waals surface area contributed by atoms with Gasteiger partial charge in [0.15, 0.2) is 0 Å². The number of carbonyl (C=O) groups is 1. The fourth-order valence-corrected chi connectivity index (χ4v) is 1.66. The van der Waals surface area contributed by atoms with Gasteiger partial charge in [-0.05, 0) is 29.8 Å². The normalized spacial score (nSPS) is 9.95. The third kappa shape index (κ3) is 3.45. The highest BCUT2D eigenvalue weighted by atomic mass is 16.5. The summed E-state index contributed by atoms with van der Waals surface area (Å²) in [5.41, 5.74) is 8.58. The zero-order valence-electron chi connectivity index (χ0n) is 10.6. The van der Waals surface area contributed by atoms with Gasteiger partial charge in [-0.2, -0.15) is 0 Å². The highest BCUT2D eigenvalue weighted by Crippen LogP contribution is 2.12. The molecule has 0 unspecified atom stereocenters. The number of nitrogens with two attached hydrogens (primary N) is 1. The Morgan fingerprint density at radius 3 is 2.95 bits per heavy atom. The lowest BCUT2D eigenvalue weighted by atomic mass is 10.2. The maximum absolute atomic E-state index is 11.4. The molecule has 0 fully saturated rings. The molecule has 0 spiro atoms. The van der Waals surface area contributed by atoms with Gasteiger partial charge in [-0.25, -0.2) is 9.78 Å². The standard InChI is InChI=1S/C14H15N3O2/c1-19-14(18)13-8-12(5-6-16-13)17-9-10-3-2-4-11(15)7-10/h2-8H,9,15H2,1H3,(H,16,17). The molecule has 5 heteroatoms. The molecule has 0 saturated carbocycles. The number of methoxy groups -OCH3 is 1. The predicted molar refractivity (Wildman–Crippen MR) is 73.8 cm³/mol. The Balaban J connectivity index is 2.05. The van der Waals surface area contributed by atoms with Crippen LogP contribution in [0, 0.1) is 0 Å². The first-order valence-electron chi connectivity index (χ1n) is 5.81. The van der Waals surface area contributed by atoms with Crippen LogP contribution < -0.4 is 11.1 Å². The molecule has 1 heterocycles. The fraction of sp³-hybridized carbons (Fsp3) is 0.143. The van der Waals surface area contributed by atoms with Crippen LogP contribution >= 0.6 is 0 Å². The molecule has 0 aliphatic carbocycles. The van der Waals surface area contributed by atoms with E-state index in [9.17, 15) is 4.79 Å². The molecular weight excluding hydrogens is 242 g/mol. The van der Waals surface area contributed by atoms with Crippen molar-refractivity contribution < 1.29 is 9.53 Å². The molecule has 3 N–H and O–H groups in total. The molecule has 2 rings (SSSR count). The second-order valence-electron chi connectivity index (χ2n) is 4.02. The maximum Gasteiger partial charge on any atom is 0.356 e. The summed E-state index contributed by atoms with van der Waals surface area (Å²) < 4.78 is 4.62. The number of nitrogen functional groups attached to an aromatic ring is 1. The van der Waals surface area contributed by atoms with Crippen molar-refractivity contribution in [3.63, 3.8) is 0 Å². The van der Waals surface area contributed by atoms with Crippen molar-refractivity contribution in [1.82, 2.24) is 4.98 Å². The maximum atomic E-state index is 11.4. The summed E-state index contributed by atoms with van der Waals surface area (Å²) in [6, 6.07) is 11.1. The van der Waals surface area contributed by atoms with Crippen molar-refractivity contribution in [3.05, 3.63) is 53.9 Å². The van der Waals surface area contributed by atoms with E-state index < -0.39 is 5.97 Å². The van der Waals surface area contributed by atoms with Crippen LogP contribution in [0.1, 0.15) is 16.1 Å². The number of nitrogens with one attached hydrogen (secondary N) is 1. The second-order valence-corrected chi connectivity index (χ2v) is 4.02. The van der Waals surface area contributed by atoms with Gasteiger partial charge in [0.2, 0.25) is 0 Å². The lowest BCUT2D eigenvalue weighted by molar-refractivity contribution is 0.0594. The number of hydrogen-bond donors (Lipinski definition) is 2. The van der Waals surface area contributed by atoms with Crippen molar-refractivity contribution in [3.8, 4) is 0 Å². The Bertz CT molecular complexity index is 584. The minimum atomic E-state index is -0.451. The fourth-order valence-electron chi connectivity index (χ4n) is 1.66. The zero-order chi connectivity index (χ0) is 13.7. The zero-order valence-corrected chi connectivity index (χ0v) is 10.6. The van der Waals surface area contributed by atoms with Crippen molar-refractivity contribution in [1.29, 1.82) is 0 Å². The van der Waals surface area contributed by atoms with Crippen molar-refractivity contribution in [2.75, 3.05) is 18.2 Å². The van der Waals surface area contributed by atoms with Crippen LogP contribution in [-0.2, 0) is 11.3 Å². The molecule has 0 atom stereocenters. The molecule has 2 aromatic rings. The van der Waals surface area contributed by atoms with E-state index in [1.807, 2.05) is 24.3 Å². The number of ether oxygens (including phenoxy) is 1. The summed E-state index contributed by atoms with van der Waals surface area (Å²) in [6.45, 7) is 0.621. The third-order valence-electron chi connectivity index (χ3n) is 2.60. The van der Waals surface area contributed by atoms with Crippen molar-refractivity contribution in [2.24, 2.45) is 0 Å². The Labute approximate surface area is 111 Å². The first-order chi connectivity index (χ1) is 9.19. The van der Waals surface area contributed by atoms with E-state index in [1.165, 1.54) is 7.11 Å². The van der Waals surface area contributed by atoms with Gasteiger partial charge in [-0.15, -0.1) is 0 Å². The van der Waals surface area contributed by atoms with Gasteiger partial charge >= 0.3 is 5.97 Å². The summed E-state index contributed by atoms with van der Waals surface area (Å²) in [4.78, 5) is 15.3. The first kappa shape index (κ1) is 12.9. The summed E-state index contributed by atoms with van der Waals surface area (Å²) >= 11 is 0. The number of carbonyl (C=O) groups excluding carboxylic acids is 1. The molecule has 98 valence electrons. The average Bonchev–Trinajstić information content (AvgIpc) is 2.45. The van der Waals surface area contributed by atoms with E-state index in [-0.39, 0.29) is 5.69 Å². The average molecular weight is 257 g/mol. The molecule has 1 aromatic carbocycles. The molecule has 0 radical (unpaired) electrons. The van der Waals surface area contributed by atoms with Gasteiger partial charge in [-0.1, -0.05) is 12.1 Å². The van der Waals surface area contributed by atoms with E-state index >= 15 is 0 Å². The highest BCUT2D eigenvalue weighted by Gasteiger charge is 2.07. The van der Waals surface area contributed by atoms with Crippen LogP contribution in [0.5, 0.6) is 0 Å². The number of aromatic nitrogens is 1. The van der Waals surface area contributed by atoms with Crippen molar-refractivity contribution >= 4 is 17.3 Å². The van der Waals surface area contributed by atoms with E-state index in [0.29, 0.717) is 6.54 Å². The predicted octanol–water partition coefficient (Wildman–Crippen LogP) is 2.06. The number of esters is 1. The molecule has 0 amide bonds. The number of benzene rings is 1. The number of nitrogens with zero attached hydrogens (tertiary/aromatic N) is 1. The molecule has 0 aliphatic heterocycles. The van der Waals surface area contributed by atoms with Crippen LogP contribution in [0.25, 0.3) is 0 Å². The second kappa shape index (κ2) is 5.86. The Morgan fingerprint density at radius 2 is 2.21 bits per heavy atom. The topological polar surface area (TPSA) is 77.2 Å². The van der Waals surface area contributed by atoms with Crippen LogP contribution in [0.4, 0.5) is 11.4 Å². The minimum Gasteiger partial charge on any atom is -0.464 e. The molecule has 5 nitrogen and oxygen atoms in total. The van der Waals surface area contributed by atoms with Crippen LogP contribution in [-0.4, -0.2) is 18.1 Å². The number of pyridine rings is 1. The monoisotopic (exact) mass is 257 g/mol. The summed E-state index contributed by atoms with van der Waals surface area (Å²) in [5.74, 6) is -0.451. The van der Waals surface area contributed by atoms with Gasteiger partial charge in [0.25, 0.3) is 0 Å². The van der Waals surface area contributed by atoms with Gasteiger partial charge in [0, 0.05) is 24.1 Å². The van der Waals surface area contributed by atoms with Crippen LogP contribution in [0.2, 0.25) is 0 Å². The smallest absolute Gasteiger partial charge is 0.356 e. The number of hydrogen-bond acceptors (Lipinski definition) is 5. The summed E-state index contributed by atoms with van der Waals surface area (Å²) in [6.07, 6.45) is 1.56. The molecule has 0 saturated heterocycles. The van der Waals surface area contributed by atoms with E-state index in [1.54, 1.807) is 18.3 Å². The lowest BCUT2D eigenvalue weighted by Crippen LogP contribution is -2.06. The highest BCUT2D eigenvalue weighted by molar-refractivity contribution is 5.88. The van der Waals surface area contributed by atoms with Crippen LogP contribution in [0.15, 0.2) is 42.6 Å². The van der Waals surface area contributed by atoms with Crippen molar-refractivity contribution in [2.45, 2.75) is 6.54 Å². The minimum absolute atomic E-state index is 0.278. The molecule has 1 aromatic heterocycles. The Hall–Kier alpha value is -2.56. The van der Waals surface area contributed by atoms with Crippen LogP contribution in [0.3, 0.4) is 0 Å². The molecule has 0 bridgehead atoms. The van der Waals surface area contributed by atoms with Gasteiger partial charge in [0.05, 0.1) is 7.11 Å². The van der Waals surface area contributed by atoms with E-state index in [0.717, 1.165) is 16.9 Å². The number of anilines is 2. The van der Waals surface area contributed by atoms with Gasteiger partial charge in [-0.3, -0.25) is 0 Å².